The summed E-state index contributed by atoms with van der Waals surface area (Å²) in [6, 6.07) is 24.3. The molecule has 2 atom stereocenters. The molecule has 0 amide bonds. The summed E-state index contributed by atoms with van der Waals surface area (Å²) in [5.41, 5.74) is 1.35. The third-order valence-electron chi connectivity index (χ3n) is 5.37. The molecular formula is C24H22N3O4PS. The van der Waals surface area contributed by atoms with Crippen LogP contribution in [0.3, 0.4) is 0 Å². The van der Waals surface area contributed by atoms with Gasteiger partial charge in [0.25, 0.3) is 5.69 Å². The topological polar surface area (TPSA) is 92.9 Å². The Balaban J connectivity index is 1.85. The second-order valence-electron chi connectivity index (χ2n) is 7.42. The van der Waals surface area contributed by atoms with Crippen molar-refractivity contribution in [1.29, 1.82) is 0 Å². The molecular weight excluding hydrogens is 457 g/mol. The van der Waals surface area contributed by atoms with Crippen LogP contribution in [0.4, 0.5) is 11.4 Å². The fraction of sp³-hybridized carbons (Fsp3) is 0.167. The van der Waals surface area contributed by atoms with Crippen LogP contribution in [0, 0.1) is 10.1 Å². The Bertz CT molecular complexity index is 1230. The highest BCUT2D eigenvalue weighted by molar-refractivity contribution is 8.63. The molecule has 0 bridgehead atoms. The Labute approximate surface area is 195 Å². The zero-order valence-corrected chi connectivity index (χ0v) is 19.6. The van der Waals surface area contributed by atoms with Crippen molar-refractivity contribution >= 4 is 40.3 Å². The van der Waals surface area contributed by atoms with Gasteiger partial charge in [-0.05, 0) is 35.6 Å². The van der Waals surface area contributed by atoms with Crippen LogP contribution in [-0.4, -0.2) is 28.5 Å². The molecule has 0 radical (unpaired) electrons. The maximum atomic E-state index is 14.5. The average molecular weight is 479 g/mol. The number of benzene rings is 3. The van der Waals surface area contributed by atoms with Gasteiger partial charge in [-0.3, -0.25) is 19.9 Å². The van der Waals surface area contributed by atoms with Crippen LogP contribution in [0.5, 0.6) is 0 Å². The Morgan fingerprint density at radius 3 is 2.24 bits per heavy atom. The number of nitrogens with zero attached hydrogens (tertiary/aromatic N) is 3. The predicted molar refractivity (Wildman–Crippen MR) is 134 cm³/mol. The Morgan fingerprint density at radius 1 is 1.06 bits per heavy atom. The predicted octanol–water partition coefficient (Wildman–Crippen LogP) is 6.38. The lowest BCUT2D eigenvalue weighted by molar-refractivity contribution is -0.384. The molecule has 4 rings (SSSR count). The number of hydrogen-bond donors (Lipinski definition) is 0. The number of carbonyl (C=O) groups excluding carboxylic acids is 1. The van der Waals surface area contributed by atoms with E-state index in [9.17, 15) is 19.5 Å². The third-order valence-corrected chi connectivity index (χ3v) is 11.4. The highest BCUT2D eigenvalue weighted by atomic mass is 32.7. The van der Waals surface area contributed by atoms with Crippen LogP contribution in [0.2, 0.25) is 0 Å². The lowest BCUT2D eigenvalue weighted by Gasteiger charge is -2.36. The smallest absolute Gasteiger partial charge is 0.269 e. The minimum absolute atomic E-state index is 0.00663. The van der Waals surface area contributed by atoms with Gasteiger partial charge in [-0.2, -0.15) is 5.10 Å². The Kier molecular flexibility index (Phi) is 6.77. The molecule has 3 aromatic carbocycles. The number of carbonyl (C=O) groups is 1. The van der Waals surface area contributed by atoms with Gasteiger partial charge in [0, 0.05) is 17.7 Å². The normalized spacial score (nSPS) is 20.2. The highest BCUT2D eigenvalue weighted by Crippen LogP contribution is 2.71. The monoisotopic (exact) mass is 479 g/mol. The number of para-hydroxylation sites is 1. The number of anilines is 1. The van der Waals surface area contributed by atoms with Crippen LogP contribution >= 0.6 is 17.7 Å². The molecule has 0 aliphatic carbocycles. The third kappa shape index (κ3) is 4.63. The summed E-state index contributed by atoms with van der Waals surface area (Å²) in [4.78, 5) is 24.1. The van der Waals surface area contributed by atoms with Crippen LogP contribution in [0.25, 0.3) is 0 Å². The van der Waals surface area contributed by atoms with Gasteiger partial charge in [-0.1, -0.05) is 66.8 Å². The number of nitro benzene ring substituents is 1. The fourth-order valence-corrected chi connectivity index (χ4v) is 9.31. The van der Waals surface area contributed by atoms with Gasteiger partial charge < -0.3 is 4.57 Å². The molecule has 3 aromatic rings. The highest BCUT2D eigenvalue weighted by Gasteiger charge is 2.47. The lowest BCUT2D eigenvalue weighted by Crippen LogP contribution is -2.34. The van der Waals surface area contributed by atoms with Crippen LogP contribution in [0.15, 0.2) is 90.0 Å². The van der Waals surface area contributed by atoms with Crippen LogP contribution in [0.1, 0.15) is 28.5 Å². The molecule has 0 saturated heterocycles. The van der Waals surface area contributed by atoms with Crippen molar-refractivity contribution in [2.75, 3.05) is 17.3 Å². The molecule has 0 spiro atoms. The molecule has 0 N–H and O–H groups in total. The van der Waals surface area contributed by atoms with E-state index in [4.69, 9.17) is 0 Å². The number of rotatable bonds is 7. The molecule has 33 heavy (non-hydrogen) atoms. The van der Waals surface area contributed by atoms with E-state index in [1.807, 2.05) is 67.6 Å². The van der Waals surface area contributed by atoms with E-state index in [2.05, 4.69) is 5.10 Å². The first kappa shape index (κ1) is 23.0. The van der Waals surface area contributed by atoms with Gasteiger partial charge >= 0.3 is 0 Å². The number of non-ortho nitro benzene ring substituents is 1. The van der Waals surface area contributed by atoms with E-state index in [1.54, 1.807) is 5.01 Å². The Hall–Kier alpha value is -3.22. The largest absolute Gasteiger partial charge is 0.305 e. The number of nitro groups is 1. The van der Waals surface area contributed by atoms with E-state index < -0.39 is 22.7 Å². The van der Waals surface area contributed by atoms with Crippen molar-refractivity contribution < 1.29 is 14.3 Å². The van der Waals surface area contributed by atoms with Gasteiger partial charge in [0.1, 0.15) is 0 Å². The van der Waals surface area contributed by atoms with E-state index >= 15 is 0 Å². The molecule has 0 saturated carbocycles. The fourth-order valence-electron chi connectivity index (χ4n) is 3.77. The van der Waals surface area contributed by atoms with Crippen molar-refractivity contribution in [1.82, 2.24) is 0 Å². The van der Waals surface area contributed by atoms with E-state index in [-0.39, 0.29) is 16.7 Å². The molecule has 0 aromatic heterocycles. The van der Waals surface area contributed by atoms with Gasteiger partial charge in [0.15, 0.2) is 11.8 Å². The summed E-state index contributed by atoms with van der Waals surface area (Å²) in [7, 11) is 0. The zero-order valence-electron chi connectivity index (χ0n) is 17.9. The SMILES string of the molecule is CCS[P@]1(=O)C(C(=O)c2ccc([N+](=O)[O-])cc2)=NN(c2ccccc2)C[C@@H]1c1ccccc1. The molecule has 0 fully saturated rings. The number of hydrogen-bond acceptors (Lipinski definition) is 7. The van der Waals surface area contributed by atoms with Crippen LogP contribution < -0.4 is 5.01 Å². The summed E-state index contributed by atoms with van der Waals surface area (Å²) in [6.45, 7) is 2.28. The molecule has 7 nitrogen and oxygen atoms in total. The number of ketones is 1. The Morgan fingerprint density at radius 2 is 1.67 bits per heavy atom. The first-order valence-corrected chi connectivity index (χ1v) is 13.8. The maximum absolute atomic E-state index is 14.5. The van der Waals surface area contributed by atoms with E-state index in [1.165, 1.54) is 35.6 Å². The van der Waals surface area contributed by atoms with Gasteiger partial charge in [0.05, 0.1) is 22.8 Å². The molecule has 9 heteroatoms. The molecule has 1 aliphatic heterocycles. The number of Topliss-reactive ketones (excluding diaryl/α,β-unsaturated/α-hetero) is 1. The summed E-state index contributed by atoms with van der Waals surface area (Å²) in [6.07, 6.45) is -3.32. The standard InChI is InChI=1S/C24H22N3O4PS/c1-2-33-32(31)22(18-9-5-3-6-10-18)17-26(20-11-7-4-8-12-20)25-24(32)23(28)19-13-15-21(16-14-19)27(29)30/h3-16,22H,2,17H2,1H3/t22-,32+/m1/s1. The zero-order chi connectivity index (χ0) is 23.4. The first-order chi connectivity index (χ1) is 15.9. The minimum Gasteiger partial charge on any atom is -0.305 e. The average Bonchev–Trinajstić information content (AvgIpc) is 2.85. The van der Waals surface area contributed by atoms with Crippen molar-refractivity contribution in [3.8, 4) is 0 Å². The van der Waals surface area contributed by atoms with Crippen molar-refractivity contribution in [3.63, 3.8) is 0 Å². The molecule has 1 aliphatic rings. The molecule has 1 heterocycles. The second-order valence-corrected chi connectivity index (χ2v) is 12.9. The number of hydrazone groups is 1. The molecule has 168 valence electrons. The lowest BCUT2D eigenvalue weighted by atomic mass is 10.1. The quantitative estimate of drug-likeness (QED) is 0.169. The summed E-state index contributed by atoms with van der Waals surface area (Å²) in [5.74, 6) is 0.0779. The van der Waals surface area contributed by atoms with Gasteiger partial charge in [0.2, 0.25) is 5.78 Å². The maximum Gasteiger partial charge on any atom is 0.269 e. The summed E-state index contributed by atoms with van der Waals surface area (Å²) < 4.78 is 14.5. The summed E-state index contributed by atoms with van der Waals surface area (Å²) >= 11 is 1.26. The van der Waals surface area contributed by atoms with E-state index in [0.29, 0.717) is 12.3 Å². The van der Waals surface area contributed by atoms with Gasteiger partial charge in [-0.25, -0.2) is 0 Å². The van der Waals surface area contributed by atoms with Crippen molar-refractivity contribution in [3.05, 3.63) is 106 Å². The van der Waals surface area contributed by atoms with E-state index in [0.717, 1.165) is 11.3 Å². The van der Waals surface area contributed by atoms with Crippen LogP contribution in [-0.2, 0) is 4.57 Å². The van der Waals surface area contributed by atoms with Gasteiger partial charge in [-0.15, -0.1) is 0 Å². The summed E-state index contributed by atoms with van der Waals surface area (Å²) in [5, 5.41) is 17.4. The molecule has 0 unspecified atom stereocenters. The van der Waals surface area contributed by atoms with Crippen molar-refractivity contribution in [2.24, 2.45) is 5.10 Å². The first-order valence-electron chi connectivity index (χ1n) is 10.4. The second kappa shape index (κ2) is 9.73. The minimum atomic E-state index is -3.32. The van der Waals surface area contributed by atoms with Crippen molar-refractivity contribution in [2.45, 2.75) is 12.6 Å².